The third kappa shape index (κ3) is 3.73. The van der Waals surface area contributed by atoms with Gasteiger partial charge < -0.3 is 16.0 Å². The highest BCUT2D eigenvalue weighted by Crippen LogP contribution is 2.22. The number of likely N-dealkylation sites (N-methyl/N-ethyl adjacent to an activating group) is 1. The molecule has 0 aliphatic rings. The first-order chi connectivity index (χ1) is 10.4. The lowest BCUT2D eigenvalue weighted by Gasteiger charge is -2.25. The fourth-order valence-electron chi connectivity index (χ4n) is 2.17. The summed E-state index contributed by atoms with van der Waals surface area (Å²) in [5.74, 6) is -0.217. The zero-order chi connectivity index (χ0) is 16.3. The van der Waals surface area contributed by atoms with Gasteiger partial charge in [-0.25, -0.2) is 9.78 Å². The fraction of sp³-hybridized carbons (Fsp3) is 0.400. The molecule has 0 aliphatic carbocycles. The Morgan fingerprint density at radius 2 is 2.05 bits per heavy atom. The first kappa shape index (κ1) is 16.2. The van der Waals surface area contributed by atoms with Crippen LogP contribution < -0.4 is 11.1 Å². The van der Waals surface area contributed by atoms with E-state index in [0.29, 0.717) is 6.54 Å². The third-order valence-electron chi connectivity index (χ3n) is 3.32. The first-order valence-electron chi connectivity index (χ1n) is 7.04. The van der Waals surface area contributed by atoms with Crippen LogP contribution in [-0.4, -0.2) is 34.9 Å². The highest BCUT2D eigenvalue weighted by molar-refractivity contribution is 7.18. The molecule has 7 heteroatoms. The zero-order valence-corrected chi connectivity index (χ0v) is 13.7. The molecule has 0 aliphatic heterocycles. The Hall–Kier alpha value is -2.15. The predicted octanol–water partition coefficient (Wildman–Crippen LogP) is 1.95. The van der Waals surface area contributed by atoms with Crippen molar-refractivity contribution < 1.29 is 9.59 Å². The number of carbonyl (C=O) groups excluding carboxylic acids is 2. The van der Waals surface area contributed by atoms with Crippen LogP contribution in [0, 0.1) is 5.92 Å². The lowest BCUT2D eigenvalue weighted by Crippen LogP contribution is -2.51. The summed E-state index contributed by atoms with van der Waals surface area (Å²) in [5.41, 5.74) is 6.07. The second kappa shape index (κ2) is 6.74. The van der Waals surface area contributed by atoms with Gasteiger partial charge >= 0.3 is 6.03 Å². The smallest absolute Gasteiger partial charge is 0.312 e. The van der Waals surface area contributed by atoms with Crippen molar-refractivity contribution in [1.82, 2.24) is 15.2 Å². The van der Waals surface area contributed by atoms with E-state index < -0.39 is 12.1 Å². The second-order valence-corrected chi connectivity index (χ2v) is 6.62. The number of hydrogen-bond acceptors (Lipinski definition) is 4. The summed E-state index contributed by atoms with van der Waals surface area (Å²) in [6.07, 6.45) is 0. The van der Waals surface area contributed by atoms with Crippen LogP contribution in [0.15, 0.2) is 24.3 Å². The van der Waals surface area contributed by atoms with Gasteiger partial charge in [0.25, 0.3) is 0 Å². The number of nitrogens with two attached hydrogens (primary N) is 1. The van der Waals surface area contributed by atoms with Crippen LogP contribution in [0.2, 0.25) is 0 Å². The molecule has 1 aromatic heterocycles. The van der Waals surface area contributed by atoms with Gasteiger partial charge in [-0.2, -0.15) is 0 Å². The van der Waals surface area contributed by atoms with Crippen LogP contribution in [0.4, 0.5) is 4.79 Å². The van der Waals surface area contributed by atoms with Crippen LogP contribution in [0.1, 0.15) is 18.9 Å². The lowest BCUT2D eigenvalue weighted by molar-refractivity contribution is -0.133. The van der Waals surface area contributed by atoms with Crippen LogP contribution in [0.25, 0.3) is 10.2 Å². The number of thiazole rings is 1. The molecule has 0 fully saturated rings. The average molecular weight is 320 g/mol. The summed E-state index contributed by atoms with van der Waals surface area (Å²) in [6, 6.07) is 6.53. The van der Waals surface area contributed by atoms with Crippen molar-refractivity contribution in [3.8, 4) is 0 Å². The maximum Gasteiger partial charge on any atom is 0.312 e. The van der Waals surface area contributed by atoms with E-state index in [1.165, 1.54) is 0 Å². The Morgan fingerprint density at radius 1 is 1.36 bits per heavy atom. The number of fused-ring (bicyclic) bond motifs is 1. The molecular formula is C15H20N4O2S. The Morgan fingerprint density at radius 3 is 2.64 bits per heavy atom. The molecule has 2 aromatic rings. The van der Waals surface area contributed by atoms with Gasteiger partial charge in [0.2, 0.25) is 5.91 Å². The molecule has 0 spiro atoms. The molecule has 3 amide bonds. The van der Waals surface area contributed by atoms with Gasteiger partial charge in [0.15, 0.2) is 0 Å². The second-order valence-electron chi connectivity index (χ2n) is 5.50. The number of rotatable bonds is 5. The molecule has 0 saturated carbocycles. The van der Waals surface area contributed by atoms with Gasteiger partial charge in [-0.05, 0) is 18.1 Å². The lowest BCUT2D eigenvalue weighted by atomic mass is 10.0. The monoisotopic (exact) mass is 320 g/mol. The number of nitrogens with one attached hydrogen (secondary N) is 1. The fourth-order valence-corrected chi connectivity index (χ4v) is 3.19. The normalized spacial score (nSPS) is 12.4. The van der Waals surface area contributed by atoms with Crippen molar-refractivity contribution >= 4 is 33.5 Å². The number of urea groups is 1. The Bertz CT molecular complexity index is 650. The standard InChI is InChI=1S/C15H20N4O2S/c1-9(2)13(18-15(16)21)14(20)19(3)8-12-17-10-6-4-5-7-11(10)22-12/h4-7,9,13H,8H2,1-3H3,(H3,16,18,21)/t13-/m0/s1. The van der Waals surface area contributed by atoms with Crippen LogP contribution in [0.3, 0.4) is 0 Å². The largest absolute Gasteiger partial charge is 0.352 e. The van der Waals surface area contributed by atoms with E-state index in [0.717, 1.165) is 15.2 Å². The molecule has 22 heavy (non-hydrogen) atoms. The van der Waals surface area contributed by atoms with Crippen molar-refractivity contribution in [2.45, 2.75) is 26.4 Å². The van der Waals surface area contributed by atoms with E-state index in [1.807, 2.05) is 38.1 Å². The molecule has 0 radical (unpaired) electrons. The van der Waals surface area contributed by atoms with Crippen LogP contribution in [-0.2, 0) is 11.3 Å². The van der Waals surface area contributed by atoms with E-state index in [2.05, 4.69) is 10.3 Å². The molecule has 3 N–H and O–H groups in total. The van der Waals surface area contributed by atoms with Gasteiger partial charge in [-0.1, -0.05) is 26.0 Å². The van der Waals surface area contributed by atoms with Crippen molar-refractivity contribution in [1.29, 1.82) is 0 Å². The van der Waals surface area contributed by atoms with Crippen LogP contribution >= 0.6 is 11.3 Å². The van der Waals surface area contributed by atoms with E-state index in [9.17, 15) is 9.59 Å². The van der Waals surface area contributed by atoms with Crippen molar-refractivity contribution in [3.63, 3.8) is 0 Å². The van der Waals surface area contributed by atoms with Gasteiger partial charge in [0.1, 0.15) is 11.0 Å². The number of benzene rings is 1. The molecule has 0 saturated heterocycles. The number of para-hydroxylation sites is 1. The number of aromatic nitrogens is 1. The summed E-state index contributed by atoms with van der Waals surface area (Å²) in [7, 11) is 1.70. The first-order valence-corrected chi connectivity index (χ1v) is 7.85. The van der Waals surface area contributed by atoms with Gasteiger partial charge in [-0.15, -0.1) is 11.3 Å². The van der Waals surface area contributed by atoms with Crippen molar-refractivity contribution in [3.05, 3.63) is 29.3 Å². The molecule has 118 valence electrons. The quantitative estimate of drug-likeness (QED) is 0.882. The topological polar surface area (TPSA) is 88.3 Å². The third-order valence-corrected chi connectivity index (χ3v) is 4.34. The average Bonchev–Trinajstić information content (AvgIpc) is 2.85. The maximum atomic E-state index is 12.5. The Kier molecular flexibility index (Phi) is 4.97. The van der Waals surface area contributed by atoms with Crippen LogP contribution in [0.5, 0.6) is 0 Å². The maximum absolute atomic E-state index is 12.5. The highest BCUT2D eigenvalue weighted by Gasteiger charge is 2.26. The number of hydrogen-bond donors (Lipinski definition) is 2. The predicted molar refractivity (Wildman–Crippen MR) is 87.4 cm³/mol. The van der Waals surface area contributed by atoms with Crippen molar-refractivity contribution in [2.75, 3.05) is 7.05 Å². The van der Waals surface area contributed by atoms with Gasteiger partial charge in [0, 0.05) is 7.05 Å². The number of nitrogens with zero attached hydrogens (tertiary/aromatic N) is 2. The molecular weight excluding hydrogens is 300 g/mol. The number of carbonyl (C=O) groups is 2. The summed E-state index contributed by atoms with van der Waals surface area (Å²) < 4.78 is 1.09. The highest BCUT2D eigenvalue weighted by atomic mass is 32.1. The Labute approximate surface area is 133 Å². The number of amides is 3. The minimum atomic E-state index is -0.694. The SMILES string of the molecule is CC(C)[C@H](NC(N)=O)C(=O)N(C)Cc1nc2ccccc2s1. The van der Waals surface area contributed by atoms with E-state index in [-0.39, 0.29) is 11.8 Å². The molecule has 2 rings (SSSR count). The zero-order valence-electron chi connectivity index (χ0n) is 12.9. The Balaban J connectivity index is 2.10. The minimum absolute atomic E-state index is 0.0437. The van der Waals surface area contributed by atoms with Gasteiger partial charge in [0.05, 0.1) is 16.8 Å². The summed E-state index contributed by atoms with van der Waals surface area (Å²) in [5, 5.41) is 3.36. The molecule has 0 bridgehead atoms. The molecule has 0 unspecified atom stereocenters. The summed E-state index contributed by atoms with van der Waals surface area (Å²) in [4.78, 5) is 29.6. The van der Waals surface area contributed by atoms with E-state index >= 15 is 0 Å². The molecule has 6 nitrogen and oxygen atoms in total. The van der Waals surface area contributed by atoms with Gasteiger partial charge in [-0.3, -0.25) is 4.79 Å². The van der Waals surface area contributed by atoms with E-state index in [1.54, 1.807) is 23.3 Å². The summed E-state index contributed by atoms with van der Waals surface area (Å²) in [6.45, 7) is 4.13. The minimum Gasteiger partial charge on any atom is -0.352 e. The molecule has 1 aromatic carbocycles. The van der Waals surface area contributed by atoms with Crippen molar-refractivity contribution in [2.24, 2.45) is 11.7 Å². The molecule has 1 heterocycles. The molecule has 1 atom stereocenters. The summed E-state index contributed by atoms with van der Waals surface area (Å²) >= 11 is 1.56. The number of primary amides is 1. The van der Waals surface area contributed by atoms with E-state index in [4.69, 9.17) is 5.73 Å².